The average Bonchev–Trinajstić information content (AvgIpc) is 2.65. The zero-order valence-corrected chi connectivity index (χ0v) is 15.4. The van der Waals surface area contributed by atoms with Crippen LogP contribution in [0, 0.1) is 0 Å². The van der Waals surface area contributed by atoms with Gasteiger partial charge < -0.3 is 16.0 Å². The Morgan fingerprint density at radius 1 is 1.29 bits per heavy atom. The van der Waals surface area contributed by atoms with E-state index in [1.54, 1.807) is 11.9 Å². The Balaban J connectivity index is 1.69. The number of aromatic nitrogens is 2. The van der Waals surface area contributed by atoms with Gasteiger partial charge in [0.1, 0.15) is 5.69 Å². The van der Waals surface area contributed by atoms with Crippen molar-refractivity contribution in [3.63, 3.8) is 0 Å². The first-order chi connectivity index (χ1) is 13.3. The number of nitrogens with one attached hydrogen (secondary N) is 3. The van der Waals surface area contributed by atoms with Gasteiger partial charge >= 0.3 is 6.18 Å². The molecule has 0 unspecified atom stereocenters. The molecule has 28 heavy (non-hydrogen) atoms. The van der Waals surface area contributed by atoms with Crippen molar-refractivity contribution in [3.05, 3.63) is 18.0 Å². The van der Waals surface area contributed by atoms with Crippen LogP contribution in [0.5, 0.6) is 0 Å². The number of halogens is 5. The Labute approximate surface area is 159 Å². The van der Waals surface area contributed by atoms with Gasteiger partial charge in [-0.15, -0.1) is 0 Å². The van der Waals surface area contributed by atoms with Crippen LogP contribution in [0.1, 0.15) is 18.5 Å². The van der Waals surface area contributed by atoms with Crippen molar-refractivity contribution < 1.29 is 22.0 Å². The summed E-state index contributed by atoms with van der Waals surface area (Å²) in [4.78, 5) is 13.0. The van der Waals surface area contributed by atoms with Crippen molar-refractivity contribution in [1.29, 1.82) is 0 Å². The van der Waals surface area contributed by atoms with E-state index >= 15 is 0 Å². The molecule has 0 bridgehead atoms. The van der Waals surface area contributed by atoms with E-state index in [2.05, 4.69) is 30.9 Å². The largest absolute Gasteiger partial charge is 0.433 e. The van der Waals surface area contributed by atoms with Gasteiger partial charge in [0.2, 0.25) is 5.95 Å². The molecule has 1 aliphatic rings. The molecule has 0 spiro atoms. The third-order valence-electron chi connectivity index (χ3n) is 4.19. The first-order valence-electron chi connectivity index (χ1n) is 8.89. The summed E-state index contributed by atoms with van der Waals surface area (Å²) >= 11 is 0. The lowest BCUT2D eigenvalue weighted by atomic mass is 10.1. The number of aliphatic imine (C=N–C) groups is 1. The van der Waals surface area contributed by atoms with Crippen LogP contribution in [0.15, 0.2) is 17.3 Å². The first-order valence-corrected chi connectivity index (χ1v) is 8.89. The van der Waals surface area contributed by atoms with E-state index in [0.717, 1.165) is 25.1 Å². The van der Waals surface area contributed by atoms with Gasteiger partial charge in [0.05, 0.1) is 6.54 Å². The minimum Gasteiger partial charge on any atom is -0.355 e. The molecular formula is C16H24F5N7. The molecule has 3 N–H and O–H groups in total. The van der Waals surface area contributed by atoms with Gasteiger partial charge in [-0.2, -0.15) is 13.2 Å². The predicted octanol–water partition coefficient (Wildman–Crippen LogP) is 1.80. The number of piperidine rings is 1. The highest BCUT2D eigenvalue weighted by Gasteiger charge is 2.32. The zero-order valence-electron chi connectivity index (χ0n) is 15.4. The van der Waals surface area contributed by atoms with Gasteiger partial charge in [-0.25, -0.2) is 18.7 Å². The highest BCUT2D eigenvalue weighted by molar-refractivity contribution is 5.80. The third kappa shape index (κ3) is 7.41. The summed E-state index contributed by atoms with van der Waals surface area (Å²) in [7, 11) is 1.60. The van der Waals surface area contributed by atoms with E-state index in [-0.39, 0.29) is 25.1 Å². The van der Waals surface area contributed by atoms with Gasteiger partial charge in [-0.3, -0.25) is 9.89 Å². The third-order valence-corrected chi connectivity index (χ3v) is 4.19. The molecule has 1 aromatic rings. The summed E-state index contributed by atoms with van der Waals surface area (Å²) in [5.41, 5.74) is -1.01. The fraction of sp³-hybridized carbons (Fsp3) is 0.688. The van der Waals surface area contributed by atoms with Gasteiger partial charge in [0.15, 0.2) is 5.96 Å². The number of likely N-dealkylation sites (tertiary alicyclic amines) is 1. The van der Waals surface area contributed by atoms with Crippen LogP contribution in [0.3, 0.4) is 0 Å². The summed E-state index contributed by atoms with van der Waals surface area (Å²) in [6, 6.07) is 0.932. The zero-order chi connectivity index (χ0) is 20.6. The maximum absolute atomic E-state index is 12.6. The predicted molar refractivity (Wildman–Crippen MR) is 95.5 cm³/mol. The summed E-state index contributed by atoms with van der Waals surface area (Å²) in [6.45, 7) is 1.64. The number of hydrogen-bond acceptors (Lipinski definition) is 5. The van der Waals surface area contributed by atoms with Gasteiger partial charge in [-0.05, 0) is 18.9 Å². The molecule has 158 valence electrons. The van der Waals surface area contributed by atoms with E-state index in [1.807, 2.05) is 0 Å². The molecule has 2 heterocycles. The second kappa shape index (κ2) is 10.3. The van der Waals surface area contributed by atoms with E-state index in [1.165, 1.54) is 0 Å². The molecule has 0 saturated carbocycles. The second-order valence-corrected chi connectivity index (χ2v) is 6.30. The van der Waals surface area contributed by atoms with Gasteiger partial charge in [0, 0.05) is 45.5 Å². The van der Waals surface area contributed by atoms with Crippen LogP contribution in [-0.4, -0.2) is 73.1 Å². The maximum Gasteiger partial charge on any atom is 0.433 e. The molecule has 7 nitrogen and oxygen atoms in total. The molecule has 0 aromatic carbocycles. The lowest BCUT2D eigenvalue weighted by Gasteiger charge is -2.32. The van der Waals surface area contributed by atoms with Crippen molar-refractivity contribution in [3.8, 4) is 0 Å². The standard InChI is InChI=1S/C16H24F5N7/c1-22-14(26-11-3-8-28(9-4-11)10-13(17)18)24-6-7-25-15-23-5-2-12(27-15)16(19,20)21/h2,5,11,13H,3-4,6-10H2,1H3,(H2,22,24,26)(H,23,25,27). The molecule has 2 rings (SSSR count). The Kier molecular flexibility index (Phi) is 8.15. The molecular weight excluding hydrogens is 385 g/mol. The van der Waals surface area contributed by atoms with Crippen LogP contribution < -0.4 is 16.0 Å². The molecule has 1 aromatic heterocycles. The Hall–Kier alpha value is -2.24. The van der Waals surface area contributed by atoms with Gasteiger partial charge in [0.25, 0.3) is 6.43 Å². The van der Waals surface area contributed by atoms with Crippen LogP contribution >= 0.6 is 0 Å². The van der Waals surface area contributed by atoms with E-state index in [4.69, 9.17) is 0 Å². The van der Waals surface area contributed by atoms with Crippen molar-refractivity contribution in [2.75, 3.05) is 45.1 Å². The lowest BCUT2D eigenvalue weighted by molar-refractivity contribution is -0.141. The van der Waals surface area contributed by atoms with Gasteiger partial charge in [-0.1, -0.05) is 0 Å². The second-order valence-electron chi connectivity index (χ2n) is 6.30. The molecule has 0 aliphatic carbocycles. The fourth-order valence-electron chi connectivity index (χ4n) is 2.80. The average molecular weight is 409 g/mol. The molecule has 12 heteroatoms. The fourth-order valence-corrected chi connectivity index (χ4v) is 2.80. The summed E-state index contributed by atoms with van der Waals surface area (Å²) in [5, 5.41) is 8.98. The molecule has 0 radical (unpaired) electrons. The van der Waals surface area contributed by atoms with Crippen molar-refractivity contribution >= 4 is 11.9 Å². The number of rotatable bonds is 7. The van der Waals surface area contributed by atoms with E-state index in [9.17, 15) is 22.0 Å². The molecule has 0 amide bonds. The van der Waals surface area contributed by atoms with E-state index in [0.29, 0.717) is 25.6 Å². The number of nitrogens with zero attached hydrogens (tertiary/aromatic N) is 4. The number of anilines is 1. The number of guanidine groups is 1. The van der Waals surface area contributed by atoms with Crippen LogP contribution in [-0.2, 0) is 6.18 Å². The molecule has 1 saturated heterocycles. The minimum absolute atomic E-state index is 0.106. The Morgan fingerprint density at radius 2 is 2.00 bits per heavy atom. The highest BCUT2D eigenvalue weighted by Crippen LogP contribution is 2.27. The van der Waals surface area contributed by atoms with Crippen molar-refractivity contribution in [2.24, 2.45) is 4.99 Å². The quantitative estimate of drug-likeness (QED) is 0.276. The van der Waals surface area contributed by atoms with E-state index < -0.39 is 18.3 Å². The highest BCUT2D eigenvalue weighted by atomic mass is 19.4. The summed E-state index contributed by atoms with van der Waals surface area (Å²) < 4.78 is 62.7. The van der Waals surface area contributed by atoms with Crippen LogP contribution in [0.25, 0.3) is 0 Å². The van der Waals surface area contributed by atoms with Crippen LogP contribution in [0.4, 0.5) is 27.9 Å². The maximum atomic E-state index is 12.6. The topological polar surface area (TPSA) is 77.5 Å². The number of hydrogen-bond donors (Lipinski definition) is 3. The summed E-state index contributed by atoms with van der Waals surface area (Å²) in [5.74, 6) is 0.435. The molecule has 1 fully saturated rings. The molecule has 1 aliphatic heterocycles. The Morgan fingerprint density at radius 3 is 2.61 bits per heavy atom. The Bertz CT molecular complexity index is 630. The monoisotopic (exact) mass is 409 g/mol. The van der Waals surface area contributed by atoms with Crippen molar-refractivity contribution in [1.82, 2.24) is 25.5 Å². The smallest absolute Gasteiger partial charge is 0.355 e. The SMILES string of the molecule is CN=C(NCCNc1nccc(C(F)(F)F)n1)NC1CCN(CC(F)F)CC1. The minimum atomic E-state index is -4.52. The lowest BCUT2D eigenvalue weighted by Crippen LogP contribution is -2.49. The summed E-state index contributed by atoms with van der Waals surface area (Å²) in [6.07, 6.45) is -4.35. The molecule has 0 atom stereocenters. The van der Waals surface area contributed by atoms with Crippen molar-refractivity contribution in [2.45, 2.75) is 31.5 Å². The number of alkyl halides is 5. The first kappa shape index (κ1) is 22.1. The normalized spacial score (nSPS) is 17.0. The van der Waals surface area contributed by atoms with Crippen LogP contribution in [0.2, 0.25) is 0 Å².